The fraction of sp³-hybridized carbons (Fsp3) is 0.176. The molecule has 0 bridgehead atoms. The van der Waals surface area contributed by atoms with Gasteiger partial charge < -0.3 is 5.73 Å². The standard InChI is InChI=1S/C17H17N3O/c1-17(14-10-6-3-7-11-14)15(21)20(16(18)19-17)12-13-8-4-2-5-9-13/h2-11H,12H2,1H3,(H2,18,19). The molecule has 2 N–H and O–H groups in total. The number of rotatable bonds is 3. The number of nitrogens with two attached hydrogens (primary N) is 1. The minimum absolute atomic E-state index is 0.0879. The first-order valence-corrected chi connectivity index (χ1v) is 6.88. The van der Waals surface area contributed by atoms with Crippen LogP contribution in [0.1, 0.15) is 18.1 Å². The summed E-state index contributed by atoms with van der Waals surface area (Å²) in [4.78, 5) is 18.7. The van der Waals surface area contributed by atoms with Gasteiger partial charge in [-0.05, 0) is 18.1 Å². The van der Waals surface area contributed by atoms with E-state index in [1.54, 1.807) is 4.90 Å². The van der Waals surface area contributed by atoms with Crippen molar-refractivity contribution in [3.63, 3.8) is 0 Å². The number of benzene rings is 2. The maximum atomic E-state index is 12.8. The molecule has 4 heteroatoms. The summed E-state index contributed by atoms with van der Waals surface area (Å²) < 4.78 is 0. The van der Waals surface area contributed by atoms with Crippen LogP contribution in [0.4, 0.5) is 0 Å². The molecule has 0 aliphatic carbocycles. The zero-order chi connectivity index (χ0) is 14.9. The van der Waals surface area contributed by atoms with Crippen molar-refractivity contribution in [1.29, 1.82) is 0 Å². The third-order valence-electron chi connectivity index (χ3n) is 3.80. The first-order valence-electron chi connectivity index (χ1n) is 6.88. The predicted octanol–water partition coefficient (Wildman–Crippen LogP) is 2.26. The molecule has 0 aromatic heterocycles. The lowest BCUT2D eigenvalue weighted by Crippen LogP contribution is -2.41. The summed E-state index contributed by atoms with van der Waals surface area (Å²) in [7, 11) is 0. The first kappa shape index (κ1) is 13.4. The van der Waals surface area contributed by atoms with Crippen molar-refractivity contribution < 1.29 is 4.79 Å². The summed E-state index contributed by atoms with van der Waals surface area (Å²) in [5.74, 6) is 0.185. The van der Waals surface area contributed by atoms with Crippen molar-refractivity contribution in [1.82, 2.24) is 4.90 Å². The molecule has 1 aliphatic heterocycles. The van der Waals surface area contributed by atoms with Crippen LogP contribution in [0.5, 0.6) is 0 Å². The lowest BCUT2D eigenvalue weighted by molar-refractivity contribution is -0.131. The maximum absolute atomic E-state index is 12.8. The smallest absolute Gasteiger partial charge is 0.261 e. The van der Waals surface area contributed by atoms with Gasteiger partial charge in [0.1, 0.15) is 0 Å². The molecule has 0 saturated heterocycles. The lowest BCUT2D eigenvalue weighted by Gasteiger charge is -2.22. The second-order valence-electron chi connectivity index (χ2n) is 5.29. The summed E-state index contributed by atoms with van der Waals surface area (Å²) in [6.07, 6.45) is 0. The Bertz CT molecular complexity index is 682. The Morgan fingerprint density at radius 3 is 2.24 bits per heavy atom. The van der Waals surface area contributed by atoms with Gasteiger partial charge in [-0.1, -0.05) is 60.7 Å². The van der Waals surface area contributed by atoms with E-state index in [0.29, 0.717) is 6.54 Å². The van der Waals surface area contributed by atoms with Crippen LogP contribution in [0.2, 0.25) is 0 Å². The van der Waals surface area contributed by atoms with E-state index in [0.717, 1.165) is 11.1 Å². The van der Waals surface area contributed by atoms with Crippen LogP contribution in [0.3, 0.4) is 0 Å². The van der Waals surface area contributed by atoms with Crippen molar-refractivity contribution in [3.05, 3.63) is 71.8 Å². The lowest BCUT2D eigenvalue weighted by atomic mass is 9.92. The zero-order valence-electron chi connectivity index (χ0n) is 11.9. The molecule has 21 heavy (non-hydrogen) atoms. The van der Waals surface area contributed by atoms with Crippen LogP contribution in [0.25, 0.3) is 0 Å². The summed E-state index contributed by atoms with van der Waals surface area (Å²) in [5.41, 5.74) is 6.94. The molecule has 0 radical (unpaired) electrons. The highest BCUT2D eigenvalue weighted by Gasteiger charge is 2.45. The van der Waals surface area contributed by atoms with E-state index in [1.165, 1.54) is 0 Å². The number of amides is 1. The van der Waals surface area contributed by atoms with Gasteiger partial charge in [0.2, 0.25) is 0 Å². The molecule has 106 valence electrons. The number of hydrogen-bond acceptors (Lipinski definition) is 3. The molecular weight excluding hydrogens is 262 g/mol. The molecule has 1 unspecified atom stereocenters. The Hall–Kier alpha value is -2.62. The molecule has 0 fully saturated rings. The molecule has 0 spiro atoms. The van der Waals surface area contributed by atoms with Crippen LogP contribution in [-0.2, 0) is 16.9 Å². The van der Waals surface area contributed by atoms with Gasteiger partial charge in [-0.15, -0.1) is 0 Å². The highest BCUT2D eigenvalue weighted by Crippen LogP contribution is 2.32. The molecule has 1 amide bonds. The molecular formula is C17H17N3O. The van der Waals surface area contributed by atoms with E-state index in [4.69, 9.17) is 5.73 Å². The maximum Gasteiger partial charge on any atom is 0.261 e. The average molecular weight is 279 g/mol. The SMILES string of the molecule is CC1(c2ccccc2)N=C(N)N(Cc2ccccc2)C1=O. The highest BCUT2D eigenvalue weighted by molar-refractivity contribution is 6.06. The van der Waals surface area contributed by atoms with Gasteiger partial charge in [0.15, 0.2) is 11.5 Å². The highest BCUT2D eigenvalue weighted by atomic mass is 16.2. The minimum Gasteiger partial charge on any atom is -0.369 e. The van der Waals surface area contributed by atoms with Crippen molar-refractivity contribution in [2.24, 2.45) is 10.7 Å². The third-order valence-corrected chi connectivity index (χ3v) is 3.80. The van der Waals surface area contributed by atoms with Gasteiger partial charge in [-0.2, -0.15) is 0 Å². The molecule has 0 saturated carbocycles. The predicted molar refractivity (Wildman–Crippen MR) is 82.4 cm³/mol. The van der Waals surface area contributed by atoms with E-state index in [1.807, 2.05) is 67.6 Å². The number of aliphatic imine (C=N–C) groups is 1. The second kappa shape index (κ2) is 5.05. The van der Waals surface area contributed by atoms with Crippen LogP contribution >= 0.6 is 0 Å². The third kappa shape index (κ3) is 2.29. The molecule has 2 aromatic carbocycles. The van der Waals surface area contributed by atoms with Crippen molar-refractivity contribution in [3.8, 4) is 0 Å². The molecule has 1 heterocycles. The first-order chi connectivity index (χ1) is 10.1. The van der Waals surface area contributed by atoms with Gasteiger partial charge >= 0.3 is 0 Å². The van der Waals surface area contributed by atoms with Crippen molar-refractivity contribution in [2.45, 2.75) is 19.0 Å². The van der Waals surface area contributed by atoms with E-state index in [9.17, 15) is 4.79 Å². The number of hydrogen-bond donors (Lipinski definition) is 1. The van der Waals surface area contributed by atoms with E-state index in [-0.39, 0.29) is 11.9 Å². The molecule has 1 atom stereocenters. The average Bonchev–Trinajstić information content (AvgIpc) is 2.74. The normalized spacial score (nSPS) is 21.5. The molecule has 1 aliphatic rings. The second-order valence-corrected chi connectivity index (χ2v) is 5.29. The quantitative estimate of drug-likeness (QED) is 0.937. The molecule has 4 nitrogen and oxygen atoms in total. The topological polar surface area (TPSA) is 58.7 Å². The van der Waals surface area contributed by atoms with Crippen molar-refractivity contribution >= 4 is 11.9 Å². The fourth-order valence-corrected chi connectivity index (χ4v) is 2.57. The van der Waals surface area contributed by atoms with E-state index >= 15 is 0 Å². The van der Waals surface area contributed by atoms with Gasteiger partial charge in [0.05, 0.1) is 6.54 Å². The van der Waals surface area contributed by atoms with Crippen LogP contribution in [0, 0.1) is 0 Å². The largest absolute Gasteiger partial charge is 0.369 e. The van der Waals surface area contributed by atoms with E-state index < -0.39 is 5.54 Å². The number of nitrogens with zero attached hydrogens (tertiary/aromatic N) is 2. The van der Waals surface area contributed by atoms with E-state index in [2.05, 4.69) is 4.99 Å². The fourth-order valence-electron chi connectivity index (χ4n) is 2.57. The van der Waals surface area contributed by atoms with Crippen LogP contribution < -0.4 is 5.73 Å². The van der Waals surface area contributed by atoms with Gasteiger partial charge in [0.25, 0.3) is 5.91 Å². The minimum atomic E-state index is -0.930. The van der Waals surface area contributed by atoms with Gasteiger partial charge in [-0.3, -0.25) is 9.69 Å². The molecule has 2 aromatic rings. The summed E-state index contributed by atoms with van der Waals surface area (Å²) >= 11 is 0. The van der Waals surface area contributed by atoms with Crippen LogP contribution in [-0.4, -0.2) is 16.8 Å². The Kier molecular flexibility index (Phi) is 3.22. The summed E-state index contributed by atoms with van der Waals surface area (Å²) in [5, 5.41) is 0. The Labute approximate surface area is 123 Å². The zero-order valence-corrected chi connectivity index (χ0v) is 11.9. The number of carbonyl (C=O) groups excluding carboxylic acids is 1. The Morgan fingerprint density at radius 1 is 1.05 bits per heavy atom. The van der Waals surface area contributed by atoms with Crippen molar-refractivity contribution in [2.75, 3.05) is 0 Å². The van der Waals surface area contributed by atoms with Crippen LogP contribution in [0.15, 0.2) is 65.7 Å². The molecule has 3 rings (SSSR count). The number of carbonyl (C=O) groups is 1. The number of guanidine groups is 1. The summed E-state index contributed by atoms with van der Waals surface area (Å²) in [6, 6.07) is 19.3. The Morgan fingerprint density at radius 2 is 1.62 bits per heavy atom. The monoisotopic (exact) mass is 279 g/mol. The van der Waals surface area contributed by atoms with Gasteiger partial charge in [0, 0.05) is 0 Å². The summed E-state index contributed by atoms with van der Waals surface area (Å²) in [6.45, 7) is 2.25. The Balaban J connectivity index is 1.91. The van der Waals surface area contributed by atoms with Gasteiger partial charge in [-0.25, -0.2) is 4.99 Å².